The van der Waals surface area contributed by atoms with E-state index in [4.69, 9.17) is 11.0 Å². The lowest BCUT2D eigenvalue weighted by atomic mass is 10.1. The summed E-state index contributed by atoms with van der Waals surface area (Å²) in [6.07, 6.45) is 0. The molecule has 5 heteroatoms. The zero-order chi connectivity index (χ0) is 13.7. The van der Waals surface area contributed by atoms with Crippen molar-refractivity contribution in [3.8, 4) is 6.07 Å². The summed E-state index contributed by atoms with van der Waals surface area (Å²) in [5, 5.41) is 13.8. The van der Waals surface area contributed by atoms with Gasteiger partial charge in [0.05, 0.1) is 5.56 Å². The first-order valence-electron chi connectivity index (χ1n) is 5.76. The van der Waals surface area contributed by atoms with Crippen LogP contribution in [0.5, 0.6) is 0 Å². The van der Waals surface area contributed by atoms with Crippen molar-refractivity contribution < 1.29 is 4.79 Å². The Morgan fingerprint density at radius 2 is 2.21 bits per heavy atom. The molecule has 0 aliphatic heterocycles. The number of nitriles is 1. The average molecular weight is 271 g/mol. The van der Waals surface area contributed by atoms with Gasteiger partial charge in [-0.15, -0.1) is 11.3 Å². The molecule has 0 radical (unpaired) electrons. The topological polar surface area (TPSA) is 78.9 Å². The molecule has 0 aliphatic rings. The summed E-state index contributed by atoms with van der Waals surface area (Å²) in [5.41, 5.74) is 7.45. The first kappa shape index (κ1) is 13.3. The monoisotopic (exact) mass is 271 g/mol. The van der Waals surface area contributed by atoms with Gasteiger partial charge in [-0.2, -0.15) is 5.26 Å². The molecule has 3 N–H and O–H groups in total. The van der Waals surface area contributed by atoms with E-state index < -0.39 is 5.91 Å². The van der Waals surface area contributed by atoms with Crippen molar-refractivity contribution in [1.29, 1.82) is 5.26 Å². The van der Waals surface area contributed by atoms with E-state index in [1.165, 1.54) is 0 Å². The molecular formula is C14H13N3OS. The van der Waals surface area contributed by atoms with Gasteiger partial charge in [-0.05, 0) is 23.8 Å². The highest BCUT2D eigenvalue weighted by Gasteiger charge is 2.02. The minimum Gasteiger partial charge on any atom is -0.366 e. The summed E-state index contributed by atoms with van der Waals surface area (Å²) < 4.78 is 0. The Morgan fingerprint density at radius 3 is 2.89 bits per heavy atom. The Balaban J connectivity index is 1.90. The third-order valence-corrected chi connectivity index (χ3v) is 3.56. The molecule has 1 amide bonds. The van der Waals surface area contributed by atoms with Gasteiger partial charge in [-0.1, -0.05) is 12.1 Å². The number of carbonyl (C=O) groups is 1. The Bertz CT molecular complexity index is 628. The predicted molar refractivity (Wildman–Crippen MR) is 74.5 cm³/mol. The number of nitrogens with one attached hydrogen (secondary N) is 1. The molecule has 0 aliphatic carbocycles. The number of thiophene rings is 1. The first-order valence-corrected chi connectivity index (χ1v) is 6.64. The zero-order valence-electron chi connectivity index (χ0n) is 10.2. The molecule has 1 heterocycles. The maximum Gasteiger partial charge on any atom is 0.248 e. The second-order valence-electron chi connectivity index (χ2n) is 4.08. The molecule has 2 aromatic rings. The molecule has 0 saturated carbocycles. The van der Waals surface area contributed by atoms with Crippen LogP contribution in [0.1, 0.15) is 26.4 Å². The molecule has 4 nitrogen and oxygen atoms in total. The lowest BCUT2D eigenvalue weighted by molar-refractivity contribution is 0.1000. The van der Waals surface area contributed by atoms with Crippen LogP contribution in [0.15, 0.2) is 35.7 Å². The standard InChI is InChI=1S/C14H13N3OS/c15-6-11-5-13(19-9-11)8-17-7-10-2-1-3-12(4-10)14(16)18/h1-5,9,17H,7-8H2,(H2,16,18). The van der Waals surface area contributed by atoms with Gasteiger partial charge in [0, 0.05) is 28.9 Å². The van der Waals surface area contributed by atoms with E-state index in [0.717, 1.165) is 10.4 Å². The normalized spacial score (nSPS) is 10.1. The summed E-state index contributed by atoms with van der Waals surface area (Å²) >= 11 is 1.56. The largest absolute Gasteiger partial charge is 0.366 e. The zero-order valence-corrected chi connectivity index (χ0v) is 11.0. The van der Waals surface area contributed by atoms with Crippen LogP contribution in [0, 0.1) is 11.3 Å². The number of carbonyl (C=O) groups excluding carboxylic acids is 1. The van der Waals surface area contributed by atoms with Crippen LogP contribution >= 0.6 is 11.3 Å². The number of nitrogens with two attached hydrogens (primary N) is 1. The molecule has 1 aromatic heterocycles. The lowest BCUT2D eigenvalue weighted by Gasteiger charge is -2.04. The SMILES string of the molecule is N#Cc1csc(CNCc2cccc(C(N)=O)c2)c1. The molecule has 0 atom stereocenters. The number of amides is 1. The minimum atomic E-state index is -0.418. The van der Waals surface area contributed by atoms with Crippen molar-refractivity contribution in [1.82, 2.24) is 5.32 Å². The predicted octanol–water partition coefficient (Wildman–Crippen LogP) is 2.01. The molecule has 0 bridgehead atoms. The Kier molecular flexibility index (Phi) is 4.29. The fourth-order valence-corrected chi connectivity index (χ4v) is 2.48. The number of benzene rings is 1. The van der Waals surface area contributed by atoms with Crippen molar-refractivity contribution in [2.24, 2.45) is 5.73 Å². The molecular weight excluding hydrogens is 258 g/mol. The third-order valence-electron chi connectivity index (χ3n) is 2.62. The van der Waals surface area contributed by atoms with Crippen LogP contribution < -0.4 is 11.1 Å². The van der Waals surface area contributed by atoms with E-state index in [9.17, 15) is 4.79 Å². The van der Waals surface area contributed by atoms with Crippen LogP contribution in [0.2, 0.25) is 0 Å². The first-order chi connectivity index (χ1) is 9.19. The van der Waals surface area contributed by atoms with Gasteiger partial charge in [0.25, 0.3) is 0 Å². The number of hydrogen-bond acceptors (Lipinski definition) is 4. The van der Waals surface area contributed by atoms with Gasteiger partial charge in [0.15, 0.2) is 0 Å². The van der Waals surface area contributed by atoms with E-state index in [1.54, 1.807) is 23.5 Å². The molecule has 0 spiro atoms. The fraction of sp³-hybridized carbons (Fsp3) is 0.143. The summed E-state index contributed by atoms with van der Waals surface area (Å²) in [7, 11) is 0. The molecule has 0 saturated heterocycles. The summed E-state index contributed by atoms with van der Waals surface area (Å²) in [6.45, 7) is 1.36. The van der Waals surface area contributed by atoms with Gasteiger partial charge in [-0.25, -0.2) is 0 Å². The van der Waals surface area contributed by atoms with E-state index in [2.05, 4.69) is 11.4 Å². The average Bonchev–Trinajstić information content (AvgIpc) is 2.87. The smallest absolute Gasteiger partial charge is 0.248 e. The van der Waals surface area contributed by atoms with E-state index in [-0.39, 0.29) is 0 Å². The van der Waals surface area contributed by atoms with Crippen LogP contribution in [0.3, 0.4) is 0 Å². The third kappa shape index (κ3) is 3.65. The fourth-order valence-electron chi connectivity index (χ4n) is 1.70. The number of rotatable bonds is 5. The van der Waals surface area contributed by atoms with Crippen molar-refractivity contribution in [3.63, 3.8) is 0 Å². The lowest BCUT2D eigenvalue weighted by Crippen LogP contribution is -2.14. The number of primary amides is 1. The van der Waals surface area contributed by atoms with Crippen LogP contribution in [0.25, 0.3) is 0 Å². The van der Waals surface area contributed by atoms with Crippen LogP contribution in [-0.2, 0) is 13.1 Å². The molecule has 0 unspecified atom stereocenters. The Labute approximate surface area is 115 Å². The highest BCUT2D eigenvalue weighted by molar-refractivity contribution is 7.10. The molecule has 1 aromatic carbocycles. The second kappa shape index (κ2) is 6.14. The number of hydrogen-bond donors (Lipinski definition) is 2. The Hall–Kier alpha value is -2.16. The van der Waals surface area contributed by atoms with Gasteiger partial charge in [0.1, 0.15) is 6.07 Å². The van der Waals surface area contributed by atoms with Crippen LogP contribution in [0.4, 0.5) is 0 Å². The molecule has 0 fully saturated rings. The number of nitrogens with zero attached hydrogens (tertiary/aromatic N) is 1. The van der Waals surface area contributed by atoms with Crippen molar-refractivity contribution in [2.75, 3.05) is 0 Å². The highest BCUT2D eigenvalue weighted by Crippen LogP contribution is 2.13. The van der Waals surface area contributed by atoms with Gasteiger partial charge in [-0.3, -0.25) is 4.79 Å². The maximum absolute atomic E-state index is 11.1. The highest BCUT2D eigenvalue weighted by atomic mass is 32.1. The summed E-state index contributed by atoms with van der Waals surface area (Å²) in [6, 6.07) is 11.2. The van der Waals surface area contributed by atoms with Crippen molar-refractivity contribution >= 4 is 17.2 Å². The van der Waals surface area contributed by atoms with E-state index >= 15 is 0 Å². The molecule has 2 rings (SSSR count). The quantitative estimate of drug-likeness (QED) is 0.873. The second-order valence-corrected chi connectivity index (χ2v) is 5.08. The van der Waals surface area contributed by atoms with Crippen molar-refractivity contribution in [2.45, 2.75) is 13.1 Å². The molecule has 19 heavy (non-hydrogen) atoms. The van der Waals surface area contributed by atoms with Crippen LogP contribution in [-0.4, -0.2) is 5.91 Å². The summed E-state index contributed by atoms with van der Waals surface area (Å²) in [4.78, 5) is 12.2. The van der Waals surface area contributed by atoms with Gasteiger partial charge in [0.2, 0.25) is 5.91 Å². The summed E-state index contributed by atoms with van der Waals surface area (Å²) in [5.74, 6) is -0.418. The minimum absolute atomic E-state index is 0.418. The Morgan fingerprint density at radius 1 is 1.37 bits per heavy atom. The maximum atomic E-state index is 11.1. The van der Waals surface area contributed by atoms with E-state index in [0.29, 0.717) is 24.2 Å². The van der Waals surface area contributed by atoms with E-state index in [1.807, 2.05) is 23.6 Å². The van der Waals surface area contributed by atoms with Crippen molar-refractivity contribution in [3.05, 3.63) is 57.3 Å². The van der Waals surface area contributed by atoms with Gasteiger partial charge < -0.3 is 11.1 Å². The molecule has 96 valence electrons. The van der Waals surface area contributed by atoms with Gasteiger partial charge >= 0.3 is 0 Å².